The SMILES string of the molecule is CCCCCCC(CCCCCC)(C(=O)[O-])C(C(=O)[O-])S(=O)(=O)O.c1cc[nH+]cc1.c1cc[nH+]cc1. The molecule has 1 atom stereocenters. The van der Waals surface area contributed by atoms with E-state index in [0.29, 0.717) is 25.7 Å². The van der Waals surface area contributed by atoms with Gasteiger partial charge in [0.1, 0.15) is 5.25 Å². The maximum absolute atomic E-state index is 11.8. The summed E-state index contributed by atoms with van der Waals surface area (Å²) in [5.74, 6) is -3.87. The van der Waals surface area contributed by atoms with Crippen LogP contribution in [-0.2, 0) is 19.7 Å². The van der Waals surface area contributed by atoms with Gasteiger partial charge in [0.05, 0.1) is 5.97 Å². The summed E-state index contributed by atoms with van der Waals surface area (Å²) in [6.45, 7) is 3.91. The van der Waals surface area contributed by atoms with Crippen molar-refractivity contribution in [2.45, 2.75) is 83.3 Å². The number of carboxylic acids is 2. The average Bonchev–Trinajstić information content (AvgIpc) is 2.86. The lowest BCUT2D eigenvalue weighted by molar-refractivity contribution is -0.378. The zero-order valence-corrected chi connectivity index (χ0v) is 22.0. The van der Waals surface area contributed by atoms with E-state index < -0.39 is 32.7 Å². The molecule has 9 nitrogen and oxygen atoms in total. The van der Waals surface area contributed by atoms with Crippen molar-refractivity contribution >= 4 is 22.1 Å². The average molecular weight is 525 g/mol. The van der Waals surface area contributed by atoms with Gasteiger partial charge in [0.25, 0.3) is 10.1 Å². The second-order valence-corrected chi connectivity index (χ2v) is 9.94. The fourth-order valence-electron chi connectivity index (χ4n) is 3.75. The molecule has 36 heavy (non-hydrogen) atoms. The van der Waals surface area contributed by atoms with Crippen LogP contribution in [-0.4, -0.2) is 30.2 Å². The number of carbonyl (C=O) groups excluding carboxylic acids is 2. The molecule has 0 aliphatic rings. The first-order valence-electron chi connectivity index (χ1n) is 12.3. The van der Waals surface area contributed by atoms with Crippen LogP contribution in [0, 0.1) is 5.41 Å². The Balaban J connectivity index is 0.000000811. The summed E-state index contributed by atoms with van der Waals surface area (Å²) in [7, 11) is -5.14. The molecule has 1 unspecified atom stereocenters. The number of aromatic amines is 2. The molecule has 2 aromatic heterocycles. The number of aromatic nitrogens is 2. The summed E-state index contributed by atoms with van der Waals surface area (Å²) in [6.07, 6.45) is 12.5. The van der Waals surface area contributed by atoms with Crippen LogP contribution in [0.4, 0.5) is 0 Å². The number of H-pyrrole nitrogens is 2. The molecule has 0 amide bonds. The molecule has 0 aromatic carbocycles. The normalized spacial score (nSPS) is 11.8. The Morgan fingerprint density at radius 3 is 1.33 bits per heavy atom. The lowest BCUT2D eigenvalue weighted by Gasteiger charge is -2.40. The first kappa shape index (κ1) is 33.1. The molecule has 202 valence electrons. The molecule has 3 N–H and O–H groups in total. The topological polar surface area (TPSA) is 163 Å². The second kappa shape index (κ2) is 19.4. The van der Waals surface area contributed by atoms with Crippen LogP contribution in [0.5, 0.6) is 0 Å². The number of hydrogen-bond donors (Lipinski definition) is 1. The van der Waals surface area contributed by atoms with E-state index in [1.54, 1.807) is 0 Å². The minimum atomic E-state index is -5.14. The number of pyridine rings is 2. The van der Waals surface area contributed by atoms with Crippen LogP contribution in [0.15, 0.2) is 61.2 Å². The zero-order valence-electron chi connectivity index (χ0n) is 21.2. The third-order valence-corrected chi connectivity index (χ3v) is 6.83. The number of carboxylic acid groups (broad SMARTS) is 2. The molecule has 0 saturated heterocycles. The van der Waals surface area contributed by atoms with Gasteiger partial charge in [0, 0.05) is 35.6 Å². The highest BCUT2D eigenvalue weighted by molar-refractivity contribution is 7.87. The molecule has 0 spiro atoms. The summed E-state index contributed by atoms with van der Waals surface area (Å²) < 4.78 is 32.4. The smallest absolute Gasteiger partial charge is 0.274 e. The molecular formula is C26H40N2O7S. The highest BCUT2D eigenvalue weighted by Gasteiger charge is 2.47. The Labute approximate surface area is 214 Å². The Bertz CT molecular complexity index is 829. The maximum atomic E-state index is 11.8. The molecule has 10 heteroatoms. The van der Waals surface area contributed by atoms with Crippen LogP contribution in [0.25, 0.3) is 0 Å². The van der Waals surface area contributed by atoms with E-state index in [4.69, 9.17) is 0 Å². The Morgan fingerprint density at radius 2 is 1.14 bits per heavy atom. The molecule has 2 aromatic rings. The van der Waals surface area contributed by atoms with Crippen LogP contribution in [0.1, 0.15) is 78.1 Å². The number of nitrogens with one attached hydrogen (secondary N) is 2. The van der Waals surface area contributed by atoms with Gasteiger partial charge in [-0.05, 0) is 12.8 Å². The summed E-state index contributed by atoms with van der Waals surface area (Å²) in [5, 5.41) is 20.6. The van der Waals surface area contributed by atoms with Gasteiger partial charge in [0.2, 0.25) is 0 Å². The molecule has 0 fully saturated rings. The van der Waals surface area contributed by atoms with E-state index in [1.807, 2.05) is 75.0 Å². The first-order valence-corrected chi connectivity index (χ1v) is 13.8. The Kier molecular flexibility index (Phi) is 17.8. The summed E-state index contributed by atoms with van der Waals surface area (Å²) >= 11 is 0. The van der Waals surface area contributed by atoms with E-state index in [0.717, 1.165) is 25.7 Å². The molecule has 0 aliphatic heterocycles. The fraction of sp³-hybridized carbons (Fsp3) is 0.538. The molecule has 2 heterocycles. The van der Waals surface area contributed by atoms with Crippen molar-refractivity contribution in [1.29, 1.82) is 0 Å². The number of hydrogen-bond acceptors (Lipinski definition) is 6. The van der Waals surface area contributed by atoms with Crippen molar-refractivity contribution in [2.75, 3.05) is 0 Å². The lowest BCUT2D eigenvalue weighted by Crippen LogP contribution is -2.59. The third-order valence-electron chi connectivity index (χ3n) is 5.59. The van der Waals surface area contributed by atoms with Crippen molar-refractivity contribution in [3.05, 3.63) is 61.2 Å². The van der Waals surface area contributed by atoms with Gasteiger partial charge in [-0.3, -0.25) is 4.55 Å². The van der Waals surface area contributed by atoms with Crippen molar-refractivity contribution < 1.29 is 42.7 Å². The van der Waals surface area contributed by atoms with Crippen molar-refractivity contribution in [1.82, 2.24) is 0 Å². The van der Waals surface area contributed by atoms with Crippen molar-refractivity contribution in [3.8, 4) is 0 Å². The molecule has 2 rings (SSSR count). The standard InChI is InChI=1S/C16H30O7S.2C5H5N/c1-3-5-7-9-11-16(15(19)20,12-10-8-6-4-2)13(14(17)18)24(21,22)23;2*1-2-4-6-5-3-1/h13H,3-12H2,1-2H3,(H,17,18)(H,19,20)(H,21,22,23);2*1-5H. The van der Waals surface area contributed by atoms with E-state index in [9.17, 15) is 32.8 Å². The van der Waals surface area contributed by atoms with Gasteiger partial charge in [-0.15, -0.1) is 0 Å². The van der Waals surface area contributed by atoms with Crippen molar-refractivity contribution in [3.63, 3.8) is 0 Å². The van der Waals surface area contributed by atoms with Gasteiger partial charge in [0.15, 0.2) is 24.8 Å². The fourth-order valence-corrected chi connectivity index (χ4v) is 4.89. The van der Waals surface area contributed by atoms with Crippen LogP contribution >= 0.6 is 0 Å². The van der Waals surface area contributed by atoms with Gasteiger partial charge in [-0.25, -0.2) is 9.97 Å². The lowest BCUT2D eigenvalue weighted by atomic mass is 9.74. The predicted molar refractivity (Wildman–Crippen MR) is 131 cm³/mol. The van der Waals surface area contributed by atoms with Crippen LogP contribution in [0.3, 0.4) is 0 Å². The van der Waals surface area contributed by atoms with E-state index in [2.05, 4.69) is 9.97 Å². The Hall–Kier alpha value is -2.85. The van der Waals surface area contributed by atoms with E-state index >= 15 is 0 Å². The highest BCUT2D eigenvalue weighted by Crippen LogP contribution is 2.38. The van der Waals surface area contributed by atoms with Crippen LogP contribution in [0.2, 0.25) is 0 Å². The van der Waals surface area contributed by atoms with E-state index in [-0.39, 0.29) is 12.8 Å². The first-order chi connectivity index (χ1) is 17.1. The van der Waals surface area contributed by atoms with Gasteiger partial charge < -0.3 is 19.8 Å². The van der Waals surface area contributed by atoms with Gasteiger partial charge in [-0.2, -0.15) is 8.42 Å². The molecule has 0 bridgehead atoms. The predicted octanol–water partition coefficient (Wildman–Crippen LogP) is 1.67. The monoisotopic (exact) mass is 524 g/mol. The zero-order chi connectivity index (χ0) is 27.3. The largest absolute Gasteiger partial charge is 0.549 e. The molecule has 0 radical (unpaired) electrons. The van der Waals surface area contributed by atoms with Gasteiger partial charge in [-0.1, -0.05) is 77.3 Å². The van der Waals surface area contributed by atoms with Gasteiger partial charge >= 0.3 is 0 Å². The number of carbonyl (C=O) groups is 2. The number of unbranched alkanes of at least 4 members (excludes halogenated alkanes) is 6. The molecular weight excluding hydrogens is 484 g/mol. The quantitative estimate of drug-likeness (QED) is 0.290. The maximum Gasteiger partial charge on any atom is 0.274 e. The van der Waals surface area contributed by atoms with Crippen LogP contribution < -0.4 is 20.2 Å². The number of rotatable bonds is 14. The molecule has 0 saturated carbocycles. The summed E-state index contributed by atoms with van der Waals surface area (Å²) in [4.78, 5) is 28.9. The molecule has 0 aliphatic carbocycles. The summed E-state index contributed by atoms with van der Waals surface area (Å²) in [5.41, 5.74) is -2.17. The highest BCUT2D eigenvalue weighted by atomic mass is 32.2. The minimum Gasteiger partial charge on any atom is -0.549 e. The Morgan fingerprint density at radius 1 is 0.750 bits per heavy atom. The second-order valence-electron chi connectivity index (χ2n) is 8.43. The number of aliphatic carboxylic acids is 2. The minimum absolute atomic E-state index is 0.181. The summed E-state index contributed by atoms with van der Waals surface area (Å²) in [6, 6.07) is 11.7. The third kappa shape index (κ3) is 13.9. The van der Waals surface area contributed by atoms with Crippen molar-refractivity contribution in [2.24, 2.45) is 5.41 Å². The van der Waals surface area contributed by atoms with E-state index in [1.165, 1.54) is 0 Å².